The fourth-order valence-electron chi connectivity index (χ4n) is 1.12. The van der Waals surface area contributed by atoms with Crippen LogP contribution in [0.15, 0.2) is 0 Å². The third-order valence-corrected chi connectivity index (χ3v) is 2.65. The Morgan fingerprint density at radius 3 is 1.05 bits per heavy atom. The summed E-state index contributed by atoms with van der Waals surface area (Å²) in [6.45, 7) is 0. The van der Waals surface area contributed by atoms with E-state index in [4.69, 9.17) is 0 Å². The maximum absolute atomic E-state index is 12.2. The Bertz CT molecular complexity index is 370. The fourth-order valence-corrected chi connectivity index (χ4v) is 1.23. The number of hydrogen-bond donors (Lipinski definition) is 0. The summed E-state index contributed by atoms with van der Waals surface area (Å²) in [5.74, 6) is -9.85. The lowest BCUT2D eigenvalue weighted by Gasteiger charge is -2.34. The van der Waals surface area contributed by atoms with Crippen LogP contribution in [-0.2, 0) is 4.79 Å². The van der Waals surface area contributed by atoms with Gasteiger partial charge in [-0.1, -0.05) is 11.6 Å². The van der Waals surface area contributed by atoms with Crippen LogP contribution < -0.4 is 0 Å². The lowest BCUT2D eigenvalue weighted by atomic mass is 9.89. The highest BCUT2D eigenvalue weighted by molar-refractivity contribution is 6.37. The zero-order chi connectivity index (χ0) is 17.7. The van der Waals surface area contributed by atoms with Gasteiger partial charge in [0.2, 0.25) is 5.92 Å². The molecule has 0 aliphatic carbocycles. The molecule has 0 saturated carbocycles. The smallest absolute Gasteiger partial charge is 0.296 e. The summed E-state index contributed by atoms with van der Waals surface area (Å²) in [6, 6.07) is 0. The quantitative estimate of drug-likeness (QED) is 0.524. The monoisotopic (exact) mass is 364 g/mol. The number of carbonyl (C=O) groups is 1. The zero-order valence-electron chi connectivity index (χ0n) is 8.90. The van der Waals surface area contributed by atoms with E-state index in [1.807, 2.05) is 0 Å². The number of rotatable bonds is 2. The van der Waals surface area contributed by atoms with Gasteiger partial charge in [-0.3, -0.25) is 4.79 Å². The van der Waals surface area contributed by atoms with Crippen molar-refractivity contribution in [1.29, 1.82) is 0 Å². The number of halogens is 13. The normalized spacial score (nSPS) is 15.5. The predicted molar refractivity (Wildman–Crippen MR) is 41.3 cm³/mol. The van der Waals surface area contributed by atoms with Gasteiger partial charge in [-0.05, 0) is 0 Å². The molecule has 0 aliphatic rings. The minimum atomic E-state index is -6.93. The minimum absolute atomic E-state index is 3.85. The van der Waals surface area contributed by atoms with Crippen molar-refractivity contribution in [2.45, 2.75) is 29.6 Å². The van der Waals surface area contributed by atoms with E-state index >= 15 is 0 Å². The van der Waals surface area contributed by atoms with E-state index in [0.29, 0.717) is 0 Å². The molecule has 0 heterocycles. The first kappa shape index (κ1) is 20.1. The first-order valence-corrected chi connectivity index (χ1v) is 4.65. The predicted octanol–water partition coefficient (Wildman–Crippen LogP) is 4.40. The summed E-state index contributed by atoms with van der Waals surface area (Å²) >= 11 is 3.85. The fraction of sp³-hybridized carbons (Fsp3) is 0.857. The largest absolute Gasteiger partial charge is 0.423 e. The van der Waals surface area contributed by atoms with E-state index in [0.717, 1.165) is 0 Å². The van der Waals surface area contributed by atoms with Gasteiger partial charge in [0.25, 0.3) is 4.87 Å². The Morgan fingerprint density at radius 2 is 0.905 bits per heavy atom. The van der Waals surface area contributed by atoms with Gasteiger partial charge in [0.1, 0.15) is 0 Å². The van der Waals surface area contributed by atoms with Crippen molar-refractivity contribution in [3.8, 4) is 0 Å². The molecule has 0 aliphatic heterocycles. The Labute approximate surface area is 111 Å². The first-order chi connectivity index (χ1) is 8.78. The van der Waals surface area contributed by atoms with Crippen LogP contribution in [0.1, 0.15) is 0 Å². The van der Waals surface area contributed by atoms with E-state index in [2.05, 4.69) is 11.6 Å². The number of Topliss-reactive ketones (excluding diaryl/α,β-unsaturated/α-hetero) is 1. The van der Waals surface area contributed by atoms with E-state index in [9.17, 15) is 57.5 Å². The van der Waals surface area contributed by atoms with E-state index in [1.165, 1.54) is 0 Å². The van der Waals surface area contributed by atoms with Gasteiger partial charge < -0.3 is 0 Å². The van der Waals surface area contributed by atoms with Gasteiger partial charge in [0.05, 0.1) is 0 Å². The van der Waals surface area contributed by atoms with E-state index < -0.39 is 41.3 Å². The van der Waals surface area contributed by atoms with Crippen molar-refractivity contribution >= 4 is 17.4 Å². The van der Waals surface area contributed by atoms with Crippen LogP contribution in [-0.4, -0.2) is 35.4 Å². The average Bonchev–Trinajstić information content (AvgIpc) is 2.07. The summed E-state index contributed by atoms with van der Waals surface area (Å²) < 4.78 is 145. The molecule has 14 heteroatoms. The van der Waals surface area contributed by atoms with Crippen molar-refractivity contribution in [3.63, 3.8) is 0 Å². The molecule has 0 bridgehead atoms. The van der Waals surface area contributed by atoms with Crippen molar-refractivity contribution in [3.05, 3.63) is 0 Å². The molecule has 0 atom stereocenters. The van der Waals surface area contributed by atoms with Crippen LogP contribution in [0.4, 0.5) is 52.7 Å². The van der Waals surface area contributed by atoms with Crippen molar-refractivity contribution in [2.75, 3.05) is 0 Å². The SMILES string of the molecule is O=C(C(C(F)(F)F)C(F)(F)F)C(Cl)(C(F)(F)F)C(F)(F)F. The van der Waals surface area contributed by atoms with Gasteiger partial charge in [-0.15, -0.1) is 0 Å². The lowest BCUT2D eigenvalue weighted by molar-refractivity contribution is -0.293. The van der Waals surface area contributed by atoms with Gasteiger partial charge in [-0.2, -0.15) is 52.7 Å². The van der Waals surface area contributed by atoms with Crippen molar-refractivity contribution in [2.24, 2.45) is 5.92 Å². The van der Waals surface area contributed by atoms with Gasteiger partial charge >= 0.3 is 24.7 Å². The average molecular weight is 365 g/mol. The number of alkyl halides is 13. The second kappa shape index (κ2) is 5.09. The van der Waals surface area contributed by atoms with Crippen LogP contribution in [0.5, 0.6) is 0 Å². The van der Waals surface area contributed by atoms with Crippen LogP contribution in [0, 0.1) is 5.92 Å². The molecule has 0 aromatic carbocycles. The van der Waals surface area contributed by atoms with Gasteiger partial charge in [-0.25, -0.2) is 0 Å². The van der Waals surface area contributed by atoms with Crippen LogP contribution >= 0.6 is 11.6 Å². The molecule has 21 heavy (non-hydrogen) atoms. The number of carbonyl (C=O) groups excluding carboxylic acids is 1. The highest BCUT2D eigenvalue weighted by atomic mass is 35.5. The zero-order valence-corrected chi connectivity index (χ0v) is 9.66. The highest BCUT2D eigenvalue weighted by Crippen LogP contribution is 2.53. The van der Waals surface area contributed by atoms with Gasteiger partial charge in [0.15, 0.2) is 5.78 Å². The Hall–Kier alpha value is -0.880. The molecular formula is C7HClF12O. The van der Waals surface area contributed by atoms with Crippen LogP contribution in [0.3, 0.4) is 0 Å². The summed E-state index contributed by atoms with van der Waals surface area (Å²) in [6.07, 6.45) is -27.4. The van der Waals surface area contributed by atoms with E-state index in [1.54, 1.807) is 0 Å². The summed E-state index contributed by atoms with van der Waals surface area (Å²) in [5.41, 5.74) is 0. The molecule has 1 nitrogen and oxygen atoms in total. The third kappa shape index (κ3) is 3.66. The summed E-state index contributed by atoms with van der Waals surface area (Å²) in [5, 5.41) is 0. The summed E-state index contributed by atoms with van der Waals surface area (Å²) in [4.78, 5) is 4.40. The number of hydrogen-bond acceptors (Lipinski definition) is 1. The van der Waals surface area contributed by atoms with Crippen molar-refractivity contribution in [1.82, 2.24) is 0 Å². The van der Waals surface area contributed by atoms with E-state index in [-0.39, 0.29) is 0 Å². The number of ketones is 1. The summed E-state index contributed by atoms with van der Waals surface area (Å²) in [7, 11) is 0. The van der Waals surface area contributed by atoms with Gasteiger partial charge in [0, 0.05) is 0 Å². The molecule has 0 aromatic rings. The molecule has 0 radical (unpaired) electrons. The molecule has 0 amide bonds. The van der Waals surface area contributed by atoms with Crippen molar-refractivity contribution < 1.29 is 57.5 Å². The lowest BCUT2D eigenvalue weighted by Crippen LogP contribution is -2.63. The molecule has 0 aromatic heterocycles. The topological polar surface area (TPSA) is 17.1 Å². The molecule has 0 rings (SSSR count). The van der Waals surface area contributed by atoms with Crippen LogP contribution in [0.25, 0.3) is 0 Å². The highest BCUT2D eigenvalue weighted by Gasteiger charge is 2.80. The Morgan fingerprint density at radius 1 is 0.667 bits per heavy atom. The maximum Gasteiger partial charge on any atom is 0.423 e. The minimum Gasteiger partial charge on any atom is -0.296 e. The second-order valence-corrected chi connectivity index (χ2v) is 4.10. The van der Waals surface area contributed by atoms with Crippen LogP contribution in [0.2, 0.25) is 0 Å². The first-order valence-electron chi connectivity index (χ1n) is 4.28. The molecule has 0 spiro atoms. The standard InChI is InChI=1S/C7HClF12O/c8-3(6(15,16)17,7(18,19)20)2(21)1(4(9,10)11)5(12,13)14/h1H. The second-order valence-electron chi connectivity index (χ2n) is 3.53. The molecule has 0 saturated heterocycles. The Balaban J connectivity index is 6.26. The maximum atomic E-state index is 12.2. The molecule has 0 fully saturated rings. The molecule has 0 N–H and O–H groups in total. The molecular weight excluding hydrogens is 364 g/mol. The molecule has 126 valence electrons. The third-order valence-electron chi connectivity index (χ3n) is 2.04. The molecule has 0 unspecified atom stereocenters. The Kier molecular flexibility index (Phi) is 4.88.